The van der Waals surface area contributed by atoms with Crippen LogP contribution in [0.25, 0.3) is 10.9 Å². The molecule has 1 heterocycles. The van der Waals surface area contributed by atoms with Crippen LogP contribution in [0.2, 0.25) is 5.02 Å². The molecule has 0 aliphatic rings. The standard InChI is InChI=1S/C20H19BrClN3O3/c1-2-3-10-25-16-7-5-4-6-14(16)19(20(25)27)24-23-18(26)12-28-17-9-8-13(22)11-15(17)21/h4-9,11,27H,2-3,10,12H2,1H3. The van der Waals surface area contributed by atoms with Crippen molar-refractivity contribution < 1.29 is 14.6 Å². The first-order valence-corrected chi connectivity index (χ1v) is 10.0. The summed E-state index contributed by atoms with van der Waals surface area (Å²) < 4.78 is 7.87. The molecule has 8 heteroatoms. The molecule has 0 atom stereocenters. The van der Waals surface area contributed by atoms with Gasteiger partial charge in [-0.3, -0.25) is 4.79 Å². The number of halogens is 2. The maximum atomic E-state index is 12.1. The molecule has 0 aliphatic carbocycles. The van der Waals surface area contributed by atoms with Crippen LogP contribution in [0.1, 0.15) is 19.8 Å². The van der Waals surface area contributed by atoms with Gasteiger partial charge in [0, 0.05) is 17.0 Å². The maximum Gasteiger partial charge on any atom is 0.302 e. The van der Waals surface area contributed by atoms with Gasteiger partial charge in [-0.05, 0) is 46.6 Å². The number of amides is 1. The molecule has 0 bridgehead atoms. The lowest BCUT2D eigenvalue weighted by molar-refractivity contribution is -0.120. The molecule has 0 saturated heterocycles. The quantitative estimate of drug-likeness (QED) is 0.420. The Balaban J connectivity index is 1.77. The molecule has 0 fully saturated rings. The number of carbonyl (C=O) groups is 1. The molecule has 0 unspecified atom stereocenters. The minimum absolute atomic E-state index is 0.00700. The van der Waals surface area contributed by atoms with Crippen LogP contribution < -0.4 is 4.74 Å². The molecule has 6 nitrogen and oxygen atoms in total. The normalized spacial score (nSPS) is 11.4. The molecule has 0 aliphatic heterocycles. The number of aromatic hydroxyl groups is 1. The SMILES string of the molecule is CCCCn1c(O)c(N=NC(=O)COc2ccc(Cl)cc2Br)c2ccccc21. The van der Waals surface area contributed by atoms with Gasteiger partial charge in [0.2, 0.25) is 5.88 Å². The molecule has 1 amide bonds. The summed E-state index contributed by atoms with van der Waals surface area (Å²) in [5.41, 5.74) is 1.14. The highest BCUT2D eigenvalue weighted by Crippen LogP contribution is 2.39. The van der Waals surface area contributed by atoms with Crippen molar-refractivity contribution in [1.29, 1.82) is 0 Å². The number of rotatable bonds is 7. The molecular weight excluding hydrogens is 446 g/mol. The van der Waals surface area contributed by atoms with E-state index in [9.17, 15) is 9.90 Å². The number of aromatic nitrogens is 1. The molecule has 1 N–H and O–H groups in total. The van der Waals surface area contributed by atoms with Crippen molar-refractivity contribution in [1.82, 2.24) is 4.57 Å². The first-order valence-electron chi connectivity index (χ1n) is 8.84. The Kier molecular flexibility index (Phi) is 6.70. The van der Waals surface area contributed by atoms with E-state index >= 15 is 0 Å². The fraction of sp³-hybridized carbons (Fsp3) is 0.250. The molecule has 146 valence electrons. The summed E-state index contributed by atoms with van der Waals surface area (Å²) in [6.45, 7) is 2.47. The third-order valence-electron chi connectivity index (χ3n) is 4.16. The predicted molar refractivity (Wildman–Crippen MR) is 113 cm³/mol. The van der Waals surface area contributed by atoms with Gasteiger partial charge >= 0.3 is 5.91 Å². The lowest BCUT2D eigenvalue weighted by atomic mass is 10.2. The lowest BCUT2D eigenvalue weighted by Gasteiger charge is -2.05. The zero-order chi connectivity index (χ0) is 20.1. The topological polar surface area (TPSA) is 76.2 Å². The number of para-hydroxylation sites is 1. The first-order chi connectivity index (χ1) is 13.5. The van der Waals surface area contributed by atoms with E-state index in [1.807, 2.05) is 24.3 Å². The number of azo groups is 1. The summed E-state index contributed by atoms with van der Waals surface area (Å²) >= 11 is 9.20. The molecule has 3 aromatic rings. The maximum absolute atomic E-state index is 12.1. The molecule has 1 aromatic heterocycles. The molecule has 0 saturated carbocycles. The number of carbonyl (C=O) groups excluding carboxylic acids is 1. The van der Waals surface area contributed by atoms with E-state index in [0.717, 1.165) is 23.7 Å². The smallest absolute Gasteiger partial charge is 0.302 e. The highest BCUT2D eigenvalue weighted by Gasteiger charge is 2.16. The van der Waals surface area contributed by atoms with Gasteiger partial charge in [0.05, 0.1) is 9.99 Å². The van der Waals surface area contributed by atoms with Crippen LogP contribution in [0.15, 0.2) is 57.2 Å². The van der Waals surface area contributed by atoms with Gasteiger partial charge in [-0.2, -0.15) is 0 Å². The number of hydrogen-bond donors (Lipinski definition) is 1. The Bertz CT molecular complexity index is 1030. The second kappa shape index (κ2) is 9.21. The highest BCUT2D eigenvalue weighted by molar-refractivity contribution is 9.10. The number of fused-ring (bicyclic) bond motifs is 1. The summed E-state index contributed by atoms with van der Waals surface area (Å²) in [5, 5.41) is 19.6. The fourth-order valence-corrected chi connectivity index (χ4v) is 3.58. The molecule has 0 spiro atoms. The van der Waals surface area contributed by atoms with E-state index in [4.69, 9.17) is 16.3 Å². The second-order valence-electron chi connectivity index (χ2n) is 6.15. The average Bonchev–Trinajstić information content (AvgIpc) is 2.95. The van der Waals surface area contributed by atoms with Crippen molar-refractivity contribution in [2.45, 2.75) is 26.3 Å². The number of unbranched alkanes of at least 4 members (excludes halogenated alkanes) is 1. The summed E-state index contributed by atoms with van der Waals surface area (Å²) in [6.07, 6.45) is 1.92. The van der Waals surface area contributed by atoms with Crippen LogP contribution in [0.3, 0.4) is 0 Å². The van der Waals surface area contributed by atoms with E-state index in [0.29, 0.717) is 21.8 Å². The molecule has 28 heavy (non-hydrogen) atoms. The van der Waals surface area contributed by atoms with Crippen LogP contribution in [-0.2, 0) is 11.3 Å². The largest absolute Gasteiger partial charge is 0.493 e. The van der Waals surface area contributed by atoms with Crippen LogP contribution in [0.4, 0.5) is 5.69 Å². The Hall–Kier alpha value is -2.38. The summed E-state index contributed by atoms with van der Waals surface area (Å²) in [4.78, 5) is 12.1. The van der Waals surface area contributed by atoms with Gasteiger partial charge in [0.1, 0.15) is 5.75 Å². The number of benzene rings is 2. The van der Waals surface area contributed by atoms with Gasteiger partial charge < -0.3 is 14.4 Å². The van der Waals surface area contributed by atoms with Crippen LogP contribution in [0.5, 0.6) is 11.6 Å². The second-order valence-corrected chi connectivity index (χ2v) is 7.44. The monoisotopic (exact) mass is 463 g/mol. The van der Waals surface area contributed by atoms with E-state index in [-0.39, 0.29) is 18.2 Å². The van der Waals surface area contributed by atoms with E-state index in [2.05, 4.69) is 33.1 Å². The molecule has 0 radical (unpaired) electrons. The Labute approximate surface area is 175 Å². The Morgan fingerprint density at radius 1 is 1.29 bits per heavy atom. The summed E-state index contributed by atoms with van der Waals surface area (Å²) in [6, 6.07) is 12.5. The predicted octanol–water partition coefficient (Wildman–Crippen LogP) is 6.25. The zero-order valence-corrected chi connectivity index (χ0v) is 17.6. The van der Waals surface area contributed by atoms with Crippen LogP contribution in [0, 0.1) is 0 Å². The van der Waals surface area contributed by atoms with Crippen molar-refractivity contribution in [2.75, 3.05) is 6.61 Å². The highest BCUT2D eigenvalue weighted by atomic mass is 79.9. The summed E-state index contributed by atoms with van der Waals surface area (Å²) in [7, 11) is 0. The number of ether oxygens (including phenoxy) is 1. The third-order valence-corrected chi connectivity index (χ3v) is 5.01. The summed E-state index contributed by atoms with van der Waals surface area (Å²) in [5.74, 6) is -0.0776. The van der Waals surface area contributed by atoms with Crippen LogP contribution in [-0.4, -0.2) is 22.2 Å². The van der Waals surface area contributed by atoms with Gasteiger partial charge in [-0.25, -0.2) is 0 Å². The average molecular weight is 465 g/mol. The molecule has 2 aromatic carbocycles. The molecule has 3 rings (SSSR count). The van der Waals surface area contributed by atoms with Crippen molar-refractivity contribution in [3.63, 3.8) is 0 Å². The van der Waals surface area contributed by atoms with E-state index in [1.165, 1.54) is 0 Å². The van der Waals surface area contributed by atoms with E-state index in [1.54, 1.807) is 22.8 Å². The Morgan fingerprint density at radius 2 is 2.07 bits per heavy atom. The van der Waals surface area contributed by atoms with Gasteiger partial charge in [-0.1, -0.05) is 43.1 Å². The van der Waals surface area contributed by atoms with Crippen LogP contribution >= 0.6 is 27.5 Å². The van der Waals surface area contributed by atoms with Crippen molar-refractivity contribution in [3.8, 4) is 11.6 Å². The zero-order valence-electron chi connectivity index (χ0n) is 15.2. The van der Waals surface area contributed by atoms with Gasteiger partial charge in [0.15, 0.2) is 12.3 Å². The fourth-order valence-electron chi connectivity index (χ4n) is 2.78. The third kappa shape index (κ3) is 4.54. The minimum Gasteiger partial charge on any atom is -0.493 e. The first kappa shape index (κ1) is 20.4. The number of aryl methyl sites for hydroxylation is 1. The Morgan fingerprint density at radius 3 is 2.82 bits per heavy atom. The van der Waals surface area contributed by atoms with Gasteiger partial charge in [0.25, 0.3) is 0 Å². The number of hydrogen-bond acceptors (Lipinski definition) is 4. The van der Waals surface area contributed by atoms with Crippen molar-refractivity contribution >= 4 is 50.0 Å². The number of nitrogens with zero attached hydrogens (tertiary/aromatic N) is 3. The lowest BCUT2D eigenvalue weighted by Crippen LogP contribution is -2.08. The van der Waals surface area contributed by atoms with Gasteiger partial charge in [-0.15, -0.1) is 10.2 Å². The van der Waals surface area contributed by atoms with Crippen molar-refractivity contribution in [3.05, 3.63) is 52.0 Å². The molecular formula is C20H19BrClN3O3. The minimum atomic E-state index is -0.563. The van der Waals surface area contributed by atoms with E-state index < -0.39 is 5.91 Å². The van der Waals surface area contributed by atoms with Crippen molar-refractivity contribution in [2.24, 2.45) is 10.2 Å².